The van der Waals surface area contributed by atoms with Crippen molar-refractivity contribution >= 4 is 17.5 Å². The van der Waals surface area contributed by atoms with Crippen LogP contribution in [0.5, 0.6) is 0 Å². The Balaban J connectivity index is 1.82. The van der Waals surface area contributed by atoms with Crippen LogP contribution in [0, 0.1) is 17.2 Å². The third-order valence-corrected chi connectivity index (χ3v) is 5.50. The van der Waals surface area contributed by atoms with Crippen molar-refractivity contribution in [2.75, 3.05) is 4.90 Å². The smallest absolute Gasteiger partial charge is 0.326 e. The van der Waals surface area contributed by atoms with E-state index in [4.69, 9.17) is 5.26 Å². The summed E-state index contributed by atoms with van der Waals surface area (Å²) in [6.07, 6.45) is -3.07. The molecule has 1 aliphatic carbocycles. The lowest BCUT2D eigenvalue weighted by molar-refractivity contribution is -0.137. The van der Waals surface area contributed by atoms with E-state index in [1.165, 1.54) is 12.1 Å². The summed E-state index contributed by atoms with van der Waals surface area (Å²) in [6.45, 7) is 1.57. The average molecular weight is 425 g/mol. The van der Waals surface area contributed by atoms with Gasteiger partial charge in [-0.2, -0.15) is 18.4 Å². The molecule has 31 heavy (non-hydrogen) atoms. The lowest BCUT2D eigenvalue weighted by Crippen LogP contribution is -2.48. The Bertz CT molecular complexity index is 1130. The number of allylic oxidation sites excluding steroid dienone is 1. The second-order valence-electron chi connectivity index (χ2n) is 7.64. The molecule has 1 aliphatic heterocycles. The monoisotopic (exact) mass is 425 g/mol. The molecule has 2 amide bonds. The Morgan fingerprint density at radius 2 is 1.84 bits per heavy atom. The number of hydrogen-bond donors (Lipinski definition) is 1. The fourth-order valence-corrected chi connectivity index (χ4v) is 3.76. The van der Waals surface area contributed by atoms with E-state index in [1.807, 2.05) is 6.07 Å². The summed E-state index contributed by atoms with van der Waals surface area (Å²) in [5, 5.41) is 11.8. The molecule has 1 fully saturated rings. The summed E-state index contributed by atoms with van der Waals surface area (Å²) < 4.78 is 39.6. The van der Waals surface area contributed by atoms with Gasteiger partial charge in [0.15, 0.2) is 5.78 Å². The van der Waals surface area contributed by atoms with E-state index in [0.29, 0.717) is 22.4 Å². The number of amides is 2. The van der Waals surface area contributed by atoms with Gasteiger partial charge >= 0.3 is 12.2 Å². The number of hydrogen-bond acceptors (Lipinski definition) is 3. The molecule has 5 nitrogen and oxygen atoms in total. The molecule has 4 rings (SSSR count). The van der Waals surface area contributed by atoms with Crippen LogP contribution in [0.4, 0.5) is 23.7 Å². The number of nitrogens with one attached hydrogen (secondary N) is 1. The Kier molecular flexibility index (Phi) is 5.05. The minimum absolute atomic E-state index is 0.0317. The number of benzene rings is 2. The molecule has 0 aromatic heterocycles. The van der Waals surface area contributed by atoms with Crippen LogP contribution in [0.2, 0.25) is 0 Å². The van der Waals surface area contributed by atoms with Gasteiger partial charge in [-0.3, -0.25) is 9.69 Å². The Morgan fingerprint density at radius 3 is 2.42 bits per heavy atom. The number of nitrogens with zero attached hydrogens (tertiary/aromatic N) is 2. The van der Waals surface area contributed by atoms with E-state index < -0.39 is 23.8 Å². The summed E-state index contributed by atoms with van der Waals surface area (Å²) in [4.78, 5) is 27.2. The molecule has 0 saturated heterocycles. The predicted molar refractivity (Wildman–Crippen MR) is 107 cm³/mol. The molecule has 1 N–H and O–H groups in total. The number of nitriles is 1. The van der Waals surface area contributed by atoms with Crippen LogP contribution >= 0.6 is 0 Å². The molecule has 2 aromatic rings. The third-order valence-electron chi connectivity index (χ3n) is 5.50. The van der Waals surface area contributed by atoms with Gasteiger partial charge in [-0.1, -0.05) is 18.2 Å². The first-order chi connectivity index (χ1) is 14.7. The molecule has 158 valence electrons. The Hall–Kier alpha value is -3.60. The van der Waals surface area contributed by atoms with Gasteiger partial charge in [0.2, 0.25) is 0 Å². The molecule has 0 bridgehead atoms. The van der Waals surface area contributed by atoms with Crippen molar-refractivity contribution in [2.45, 2.75) is 32.0 Å². The molecule has 1 saturated carbocycles. The Morgan fingerprint density at radius 1 is 1.16 bits per heavy atom. The molecule has 1 atom stereocenters. The zero-order valence-corrected chi connectivity index (χ0v) is 16.5. The SMILES string of the molecule is CC1=C(C(=O)C2CC2)[C@@H](c2ccc(C#N)cc2)NC(=O)N1c1cccc(C(F)(F)F)c1. The lowest BCUT2D eigenvalue weighted by atomic mass is 9.89. The number of carbonyl (C=O) groups is 2. The van der Waals surface area contributed by atoms with Crippen molar-refractivity contribution in [3.8, 4) is 6.07 Å². The van der Waals surface area contributed by atoms with E-state index in [1.54, 1.807) is 31.2 Å². The van der Waals surface area contributed by atoms with Gasteiger partial charge in [-0.05, 0) is 55.7 Å². The van der Waals surface area contributed by atoms with E-state index in [9.17, 15) is 22.8 Å². The maximum absolute atomic E-state index is 13.2. The highest BCUT2D eigenvalue weighted by molar-refractivity contribution is 6.07. The summed E-state index contributed by atoms with van der Waals surface area (Å²) in [6, 6.07) is 11.6. The molecule has 0 radical (unpaired) electrons. The molecule has 2 aliphatic rings. The number of Topliss-reactive ketones (excluding diaryl/α,β-unsaturated/α-hetero) is 1. The van der Waals surface area contributed by atoms with E-state index in [2.05, 4.69) is 5.32 Å². The summed E-state index contributed by atoms with van der Waals surface area (Å²) in [5.41, 5.74) is 0.865. The fourth-order valence-electron chi connectivity index (χ4n) is 3.76. The Labute approximate surface area is 176 Å². The highest BCUT2D eigenvalue weighted by Gasteiger charge is 2.42. The molecule has 2 aromatic carbocycles. The first-order valence-electron chi connectivity index (χ1n) is 9.73. The molecular formula is C23H18F3N3O2. The van der Waals surface area contributed by atoms with E-state index in [-0.39, 0.29) is 17.4 Å². The lowest BCUT2D eigenvalue weighted by Gasteiger charge is -2.36. The highest BCUT2D eigenvalue weighted by atomic mass is 19.4. The summed E-state index contributed by atoms with van der Waals surface area (Å²) in [7, 11) is 0. The summed E-state index contributed by atoms with van der Waals surface area (Å²) >= 11 is 0. The van der Waals surface area contributed by atoms with Crippen molar-refractivity contribution in [1.82, 2.24) is 5.32 Å². The number of carbonyl (C=O) groups excluding carboxylic acids is 2. The van der Waals surface area contributed by atoms with Crippen LogP contribution in [0.1, 0.15) is 42.5 Å². The zero-order chi connectivity index (χ0) is 22.3. The van der Waals surface area contributed by atoms with Crippen LogP contribution < -0.4 is 10.2 Å². The molecule has 8 heteroatoms. The minimum atomic E-state index is -4.56. The van der Waals surface area contributed by atoms with Crippen LogP contribution in [-0.4, -0.2) is 11.8 Å². The molecule has 1 heterocycles. The van der Waals surface area contributed by atoms with Gasteiger partial charge in [-0.15, -0.1) is 0 Å². The predicted octanol–water partition coefficient (Wildman–Crippen LogP) is 5.10. The van der Waals surface area contributed by atoms with Crippen LogP contribution in [0.25, 0.3) is 0 Å². The molecule has 0 spiro atoms. The third kappa shape index (κ3) is 3.91. The standard InChI is InChI=1S/C23H18F3N3O2/c1-13-19(21(30)16-9-10-16)20(15-7-5-14(12-27)6-8-15)28-22(31)29(13)18-4-2-3-17(11-18)23(24,25)26/h2-8,11,16,20H,9-10H2,1H3,(H,28,31)/t20-/m1/s1. The number of anilines is 1. The number of ketones is 1. The summed E-state index contributed by atoms with van der Waals surface area (Å²) in [5.74, 6) is -0.270. The van der Waals surface area contributed by atoms with E-state index >= 15 is 0 Å². The maximum atomic E-state index is 13.2. The second-order valence-corrected chi connectivity index (χ2v) is 7.64. The second kappa shape index (κ2) is 7.58. The van der Waals surface area contributed by atoms with Crippen molar-refractivity contribution in [3.05, 3.63) is 76.5 Å². The van der Waals surface area contributed by atoms with E-state index in [0.717, 1.165) is 29.9 Å². The average Bonchev–Trinajstić information content (AvgIpc) is 3.58. The van der Waals surface area contributed by atoms with Crippen LogP contribution in [0.15, 0.2) is 59.8 Å². The normalized spacial score (nSPS) is 19.1. The molecular weight excluding hydrogens is 407 g/mol. The van der Waals surface area contributed by atoms with Crippen molar-refractivity contribution in [1.29, 1.82) is 5.26 Å². The number of alkyl halides is 3. The van der Waals surface area contributed by atoms with Crippen LogP contribution in [0.3, 0.4) is 0 Å². The largest absolute Gasteiger partial charge is 0.416 e. The van der Waals surface area contributed by atoms with Gasteiger partial charge in [0.25, 0.3) is 0 Å². The maximum Gasteiger partial charge on any atom is 0.416 e. The van der Waals surface area contributed by atoms with Gasteiger partial charge in [-0.25, -0.2) is 4.79 Å². The van der Waals surface area contributed by atoms with Gasteiger partial charge < -0.3 is 5.32 Å². The quantitative estimate of drug-likeness (QED) is 0.741. The number of rotatable bonds is 4. The van der Waals surface area contributed by atoms with Gasteiger partial charge in [0.05, 0.1) is 28.9 Å². The minimum Gasteiger partial charge on any atom is -0.326 e. The first-order valence-corrected chi connectivity index (χ1v) is 9.73. The topological polar surface area (TPSA) is 73.2 Å². The fraction of sp³-hybridized carbons (Fsp3) is 0.261. The number of halogens is 3. The first kappa shape index (κ1) is 20.7. The van der Waals surface area contributed by atoms with Crippen molar-refractivity contribution < 1.29 is 22.8 Å². The highest BCUT2D eigenvalue weighted by Crippen LogP contribution is 2.41. The van der Waals surface area contributed by atoms with Crippen LogP contribution in [-0.2, 0) is 11.0 Å². The zero-order valence-electron chi connectivity index (χ0n) is 16.5. The number of urea groups is 1. The molecule has 0 unspecified atom stereocenters. The van der Waals surface area contributed by atoms with Crippen molar-refractivity contribution in [2.24, 2.45) is 5.92 Å². The van der Waals surface area contributed by atoms with Gasteiger partial charge in [0, 0.05) is 17.2 Å². The van der Waals surface area contributed by atoms with Gasteiger partial charge in [0.1, 0.15) is 0 Å². The van der Waals surface area contributed by atoms with Crippen molar-refractivity contribution in [3.63, 3.8) is 0 Å².